The zero-order valence-corrected chi connectivity index (χ0v) is 16.2. The molecule has 0 heterocycles. The number of hydrogen-bond donors (Lipinski definition) is 1. The quantitative estimate of drug-likeness (QED) is 0.401. The molecule has 144 valence electrons. The molecule has 1 aromatic carbocycles. The molecule has 0 aliphatic heterocycles. The predicted molar refractivity (Wildman–Crippen MR) is 104 cm³/mol. The van der Waals surface area contributed by atoms with Gasteiger partial charge in [0.25, 0.3) is 0 Å². The van der Waals surface area contributed by atoms with E-state index >= 15 is 0 Å². The molecule has 4 heteroatoms. The monoisotopic (exact) mass is 359 g/mol. The first kappa shape index (κ1) is 20.6. The summed E-state index contributed by atoms with van der Waals surface area (Å²) in [5.74, 6) is 0.415. The van der Waals surface area contributed by atoms with Gasteiger partial charge in [-0.05, 0) is 57.1 Å². The van der Waals surface area contributed by atoms with Crippen LogP contribution in [0.2, 0.25) is 0 Å². The minimum absolute atomic E-state index is 0.115. The van der Waals surface area contributed by atoms with E-state index in [4.69, 9.17) is 10.5 Å². The normalized spacial score (nSPS) is 21.2. The van der Waals surface area contributed by atoms with E-state index in [0.717, 1.165) is 62.6 Å². The summed E-state index contributed by atoms with van der Waals surface area (Å²) in [6.07, 6.45) is 7.06. The molecule has 1 atom stereocenters. The minimum Gasteiger partial charge on any atom is -0.465 e. The standard InChI is InChI=1S/C22H33NO3/c1-3-4-5-14-26-22(25)16(2)18-10-12-20(13-11-18)21(24)19-8-6-17(15-23)7-9-19/h10-13,16-17,19H,3-9,14-15,23H2,1-2H3. The highest BCUT2D eigenvalue weighted by Gasteiger charge is 2.26. The van der Waals surface area contributed by atoms with Gasteiger partial charge in [-0.1, -0.05) is 44.0 Å². The largest absolute Gasteiger partial charge is 0.465 e. The number of benzene rings is 1. The third kappa shape index (κ3) is 5.66. The van der Waals surface area contributed by atoms with E-state index < -0.39 is 0 Å². The smallest absolute Gasteiger partial charge is 0.313 e. The molecular weight excluding hydrogens is 326 g/mol. The van der Waals surface area contributed by atoms with Gasteiger partial charge in [0, 0.05) is 11.5 Å². The molecule has 2 N–H and O–H groups in total. The van der Waals surface area contributed by atoms with Gasteiger partial charge in [-0.3, -0.25) is 9.59 Å². The Hall–Kier alpha value is -1.68. The van der Waals surface area contributed by atoms with Crippen LogP contribution in [0.4, 0.5) is 0 Å². The van der Waals surface area contributed by atoms with Gasteiger partial charge in [0.1, 0.15) is 0 Å². The lowest BCUT2D eigenvalue weighted by atomic mass is 9.78. The summed E-state index contributed by atoms with van der Waals surface area (Å²) in [5, 5.41) is 0. The van der Waals surface area contributed by atoms with Crippen molar-refractivity contribution in [2.45, 2.75) is 64.7 Å². The molecule has 0 aromatic heterocycles. The van der Waals surface area contributed by atoms with Crippen molar-refractivity contribution in [2.24, 2.45) is 17.6 Å². The second-order valence-electron chi connectivity index (χ2n) is 7.54. The van der Waals surface area contributed by atoms with E-state index in [1.165, 1.54) is 0 Å². The molecule has 1 unspecified atom stereocenters. The predicted octanol–water partition coefficient (Wildman–Crippen LogP) is 4.47. The molecule has 0 amide bonds. The van der Waals surface area contributed by atoms with Crippen molar-refractivity contribution in [3.8, 4) is 0 Å². The fourth-order valence-corrected chi connectivity index (χ4v) is 3.62. The molecular formula is C22H33NO3. The number of Topliss-reactive ketones (excluding diaryl/α,β-unsaturated/α-hetero) is 1. The highest BCUT2D eigenvalue weighted by molar-refractivity contribution is 5.98. The number of carbonyl (C=O) groups excluding carboxylic acids is 2. The maximum atomic E-state index is 12.7. The lowest BCUT2D eigenvalue weighted by Crippen LogP contribution is -2.25. The molecule has 2 rings (SSSR count). The number of ether oxygens (including phenoxy) is 1. The lowest BCUT2D eigenvalue weighted by molar-refractivity contribution is -0.145. The highest BCUT2D eigenvalue weighted by Crippen LogP contribution is 2.30. The van der Waals surface area contributed by atoms with E-state index in [9.17, 15) is 9.59 Å². The number of nitrogens with two attached hydrogens (primary N) is 1. The Morgan fingerprint density at radius 2 is 1.77 bits per heavy atom. The summed E-state index contributed by atoms with van der Waals surface area (Å²) in [7, 11) is 0. The Morgan fingerprint density at radius 3 is 2.35 bits per heavy atom. The van der Waals surface area contributed by atoms with Crippen molar-refractivity contribution in [1.29, 1.82) is 0 Å². The van der Waals surface area contributed by atoms with E-state index in [1.807, 2.05) is 31.2 Å². The summed E-state index contributed by atoms with van der Waals surface area (Å²) < 4.78 is 5.34. The number of esters is 1. The molecule has 1 aliphatic carbocycles. The van der Waals surface area contributed by atoms with E-state index in [-0.39, 0.29) is 23.6 Å². The molecule has 1 aliphatic rings. The molecule has 0 bridgehead atoms. The first-order chi connectivity index (χ1) is 12.6. The van der Waals surface area contributed by atoms with Crippen molar-refractivity contribution in [3.63, 3.8) is 0 Å². The van der Waals surface area contributed by atoms with Crippen LogP contribution in [0.1, 0.15) is 80.6 Å². The number of hydrogen-bond acceptors (Lipinski definition) is 4. The zero-order chi connectivity index (χ0) is 18.9. The summed E-state index contributed by atoms with van der Waals surface area (Å²) in [6.45, 7) is 5.19. The third-order valence-electron chi connectivity index (χ3n) is 5.59. The Morgan fingerprint density at radius 1 is 1.12 bits per heavy atom. The van der Waals surface area contributed by atoms with Crippen LogP contribution in [0.25, 0.3) is 0 Å². The first-order valence-corrected chi connectivity index (χ1v) is 10.1. The first-order valence-electron chi connectivity index (χ1n) is 10.1. The molecule has 1 aromatic rings. The van der Waals surface area contributed by atoms with Gasteiger partial charge in [-0.2, -0.15) is 0 Å². The zero-order valence-electron chi connectivity index (χ0n) is 16.2. The topological polar surface area (TPSA) is 69.4 Å². The fraction of sp³-hybridized carbons (Fsp3) is 0.636. The maximum Gasteiger partial charge on any atom is 0.313 e. The Labute approximate surface area is 157 Å². The fourth-order valence-electron chi connectivity index (χ4n) is 3.62. The number of ketones is 1. The summed E-state index contributed by atoms with van der Waals surface area (Å²) >= 11 is 0. The summed E-state index contributed by atoms with van der Waals surface area (Å²) in [4.78, 5) is 24.8. The molecule has 1 fully saturated rings. The van der Waals surface area contributed by atoms with Crippen LogP contribution in [0.3, 0.4) is 0 Å². The highest BCUT2D eigenvalue weighted by atomic mass is 16.5. The van der Waals surface area contributed by atoms with Crippen LogP contribution in [-0.4, -0.2) is 24.9 Å². The Bertz CT molecular complexity index is 574. The van der Waals surface area contributed by atoms with Crippen molar-refractivity contribution in [1.82, 2.24) is 0 Å². The van der Waals surface area contributed by atoms with E-state index in [1.54, 1.807) is 0 Å². The van der Waals surface area contributed by atoms with Gasteiger partial charge in [0.2, 0.25) is 0 Å². The van der Waals surface area contributed by atoms with Gasteiger partial charge in [0.05, 0.1) is 12.5 Å². The second kappa shape index (κ2) is 10.5. The van der Waals surface area contributed by atoms with Crippen LogP contribution in [0.15, 0.2) is 24.3 Å². The lowest BCUT2D eigenvalue weighted by Gasteiger charge is -2.26. The average Bonchev–Trinajstić information content (AvgIpc) is 2.70. The van der Waals surface area contributed by atoms with Crippen LogP contribution in [-0.2, 0) is 9.53 Å². The number of carbonyl (C=O) groups is 2. The van der Waals surface area contributed by atoms with Crippen molar-refractivity contribution in [2.75, 3.05) is 13.2 Å². The van der Waals surface area contributed by atoms with Crippen LogP contribution in [0.5, 0.6) is 0 Å². The minimum atomic E-state index is -0.305. The number of unbranched alkanes of at least 4 members (excludes halogenated alkanes) is 2. The molecule has 26 heavy (non-hydrogen) atoms. The third-order valence-corrected chi connectivity index (χ3v) is 5.59. The Balaban J connectivity index is 1.88. The van der Waals surface area contributed by atoms with Crippen LogP contribution in [0, 0.1) is 11.8 Å². The van der Waals surface area contributed by atoms with Gasteiger partial charge in [-0.15, -0.1) is 0 Å². The molecule has 4 nitrogen and oxygen atoms in total. The molecule has 0 radical (unpaired) electrons. The average molecular weight is 360 g/mol. The maximum absolute atomic E-state index is 12.7. The Kier molecular flexibility index (Phi) is 8.30. The molecule has 0 saturated heterocycles. The summed E-state index contributed by atoms with van der Waals surface area (Å²) in [5.41, 5.74) is 7.37. The second-order valence-corrected chi connectivity index (χ2v) is 7.54. The van der Waals surface area contributed by atoms with Crippen LogP contribution >= 0.6 is 0 Å². The van der Waals surface area contributed by atoms with Gasteiger partial charge >= 0.3 is 5.97 Å². The molecule has 0 spiro atoms. The van der Waals surface area contributed by atoms with Gasteiger partial charge in [0.15, 0.2) is 5.78 Å². The van der Waals surface area contributed by atoms with Crippen molar-refractivity contribution >= 4 is 11.8 Å². The number of rotatable bonds is 9. The van der Waals surface area contributed by atoms with E-state index in [2.05, 4.69) is 6.92 Å². The van der Waals surface area contributed by atoms with E-state index in [0.29, 0.717) is 12.5 Å². The SMILES string of the molecule is CCCCCOC(=O)C(C)c1ccc(C(=O)C2CCC(CN)CC2)cc1. The van der Waals surface area contributed by atoms with Gasteiger partial charge < -0.3 is 10.5 Å². The molecule has 1 saturated carbocycles. The summed E-state index contributed by atoms with van der Waals surface area (Å²) in [6, 6.07) is 7.48. The van der Waals surface area contributed by atoms with Gasteiger partial charge in [-0.25, -0.2) is 0 Å². The van der Waals surface area contributed by atoms with Crippen LogP contribution < -0.4 is 5.73 Å². The van der Waals surface area contributed by atoms with Crippen molar-refractivity contribution in [3.05, 3.63) is 35.4 Å². The van der Waals surface area contributed by atoms with Crippen molar-refractivity contribution < 1.29 is 14.3 Å².